The minimum absolute atomic E-state index is 0.0376. The molecule has 10 nitrogen and oxygen atoms in total. The van der Waals surface area contributed by atoms with Gasteiger partial charge in [0.15, 0.2) is 0 Å². The number of hydrogen-bond acceptors (Lipinski definition) is 7. The lowest BCUT2D eigenvalue weighted by atomic mass is 9.85. The third-order valence-corrected chi connectivity index (χ3v) is 7.36. The van der Waals surface area contributed by atoms with Gasteiger partial charge in [0.05, 0.1) is 13.2 Å². The lowest BCUT2D eigenvalue weighted by molar-refractivity contribution is -0.148. The van der Waals surface area contributed by atoms with E-state index >= 15 is 0 Å². The van der Waals surface area contributed by atoms with E-state index in [1.165, 1.54) is 37.9 Å². The lowest BCUT2D eigenvalue weighted by Crippen LogP contribution is -2.60. The van der Waals surface area contributed by atoms with Crippen LogP contribution in [0, 0.1) is 0 Å². The molecule has 3 aliphatic rings. The molecule has 37 heavy (non-hydrogen) atoms. The van der Waals surface area contributed by atoms with Crippen molar-refractivity contribution in [2.75, 3.05) is 52.5 Å². The third-order valence-electron chi connectivity index (χ3n) is 7.36. The van der Waals surface area contributed by atoms with E-state index in [2.05, 4.69) is 28.0 Å². The molecule has 208 valence electrons. The van der Waals surface area contributed by atoms with Crippen molar-refractivity contribution in [2.24, 2.45) is 0 Å². The number of aliphatic hydroxyl groups is 1. The Hall–Kier alpha value is -2.69. The van der Waals surface area contributed by atoms with Gasteiger partial charge in [-0.25, -0.2) is 0 Å². The van der Waals surface area contributed by atoms with Crippen LogP contribution in [-0.4, -0.2) is 107 Å². The molecule has 1 amide bonds. The first-order chi connectivity index (χ1) is 18.1. The third kappa shape index (κ3) is 8.98. The second-order valence-corrected chi connectivity index (χ2v) is 9.60. The Kier molecular flexibility index (Phi) is 14.0. The van der Waals surface area contributed by atoms with Gasteiger partial charge >= 0.3 is 0 Å². The van der Waals surface area contributed by atoms with Crippen LogP contribution in [0.3, 0.4) is 0 Å². The summed E-state index contributed by atoms with van der Waals surface area (Å²) in [5, 5.41) is 23.1. The zero-order chi connectivity index (χ0) is 26.9. The van der Waals surface area contributed by atoms with Crippen LogP contribution in [0.25, 0.3) is 0 Å². The maximum Gasteiger partial charge on any atom is 0.290 e. The van der Waals surface area contributed by atoms with E-state index in [1.807, 2.05) is 11.0 Å². The van der Waals surface area contributed by atoms with Gasteiger partial charge in [0.25, 0.3) is 12.9 Å². The minimum atomic E-state index is -0.394. The van der Waals surface area contributed by atoms with Crippen LogP contribution in [-0.2, 0) is 20.9 Å². The molecule has 0 radical (unpaired) electrons. The quantitative estimate of drug-likeness (QED) is 0.331. The van der Waals surface area contributed by atoms with Gasteiger partial charge < -0.3 is 29.9 Å². The molecule has 1 atom stereocenters. The number of carbonyl (C=O) groups is 3. The van der Waals surface area contributed by atoms with Crippen molar-refractivity contribution in [1.82, 2.24) is 14.7 Å². The highest BCUT2D eigenvalue weighted by Crippen LogP contribution is 2.40. The number of aliphatic hydroxyl groups excluding tert-OH is 1. The molecular formula is C27H43N3O7. The number of β-amino-alcohol motifs (C(OH)–C–C–N with tert-alkyl or cyclic N) is 1. The summed E-state index contributed by atoms with van der Waals surface area (Å²) >= 11 is 0. The summed E-state index contributed by atoms with van der Waals surface area (Å²) in [6, 6.07) is 8.32. The molecule has 3 heterocycles. The van der Waals surface area contributed by atoms with Gasteiger partial charge in [-0.05, 0) is 70.6 Å². The van der Waals surface area contributed by atoms with Crippen molar-refractivity contribution in [3.05, 3.63) is 29.8 Å². The van der Waals surface area contributed by atoms with Crippen molar-refractivity contribution < 1.29 is 34.4 Å². The molecule has 3 aliphatic heterocycles. The number of piperidine rings is 2. The smallest absolute Gasteiger partial charge is 0.290 e. The number of likely N-dealkylation sites (tertiary alicyclic amines) is 3. The van der Waals surface area contributed by atoms with Gasteiger partial charge in [-0.15, -0.1) is 0 Å². The Bertz CT molecular complexity index is 811. The number of nitrogens with zero attached hydrogens (tertiary/aromatic N) is 3. The number of rotatable bonds is 9. The molecule has 1 aromatic rings. The molecule has 3 saturated heterocycles. The summed E-state index contributed by atoms with van der Waals surface area (Å²) < 4.78 is 6.22. The molecule has 3 fully saturated rings. The van der Waals surface area contributed by atoms with E-state index in [0.29, 0.717) is 6.54 Å². The maximum atomic E-state index is 13.3. The van der Waals surface area contributed by atoms with E-state index < -0.39 is 5.54 Å². The molecule has 0 aliphatic carbocycles. The highest BCUT2D eigenvalue weighted by atomic mass is 16.5. The predicted octanol–water partition coefficient (Wildman–Crippen LogP) is 2.29. The van der Waals surface area contributed by atoms with Crippen LogP contribution in [0.5, 0.6) is 5.75 Å². The number of benzene rings is 1. The number of carbonyl (C=O) groups excluding carboxylic acids is 1. The Morgan fingerprint density at radius 2 is 1.54 bits per heavy atom. The van der Waals surface area contributed by atoms with E-state index in [1.54, 1.807) is 0 Å². The number of carboxylic acid groups (broad SMARTS) is 2. The predicted molar refractivity (Wildman–Crippen MR) is 140 cm³/mol. The van der Waals surface area contributed by atoms with Crippen LogP contribution in [0.2, 0.25) is 0 Å². The summed E-state index contributed by atoms with van der Waals surface area (Å²) in [6.07, 6.45) is 8.99. The van der Waals surface area contributed by atoms with Crippen molar-refractivity contribution in [3.63, 3.8) is 0 Å². The van der Waals surface area contributed by atoms with E-state index in [4.69, 9.17) is 24.5 Å². The maximum absolute atomic E-state index is 13.3. The summed E-state index contributed by atoms with van der Waals surface area (Å²) in [5.41, 5.74) is 0.781. The van der Waals surface area contributed by atoms with Crippen LogP contribution in [0.1, 0.15) is 56.9 Å². The molecule has 1 spiro atoms. The molecule has 0 bridgehead atoms. The van der Waals surface area contributed by atoms with Gasteiger partial charge in [0.2, 0.25) is 5.91 Å². The SMILES string of the molecule is O=C1N(CCO)CCCC12CCCN2Cc1ccccc1OCCCN1CCCCC1.O=CO.O=CO. The molecule has 3 N–H and O–H groups in total. The van der Waals surface area contributed by atoms with Gasteiger partial charge in [0.1, 0.15) is 11.3 Å². The van der Waals surface area contributed by atoms with Crippen molar-refractivity contribution in [3.8, 4) is 5.75 Å². The average Bonchev–Trinajstić information content (AvgIpc) is 3.30. The summed E-state index contributed by atoms with van der Waals surface area (Å²) in [6.45, 7) is 6.77. The fraction of sp³-hybridized carbons (Fsp3) is 0.667. The topological polar surface area (TPSA) is 131 Å². The second kappa shape index (κ2) is 16.9. The highest BCUT2D eigenvalue weighted by molar-refractivity contribution is 5.87. The lowest BCUT2D eigenvalue weighted by Gasteiger charge is -2.44. The molecule has 10 heteroatoms. The van der Waals surface area contributed by atoms with Crippen LogP contribution < -0.4 is 4.74 Å². The molecule has 0 aromatic heterocycles. The molecule has 1 unspecified atom stereocenters. The van der Waals surface area contributed by atoms with E-state index in [9.17, 15) is 9.90 Å². The minimum Gasteiger partial charge on any atom is -0.493 e. The van der Waals surface area contributed by atoms with Crippen LogP contribution >= 0.6 is 0 Å². The Morgan fingerprint density at radius 3 is 2.22 bits per heavy atom. The van der Waals surface area contributed by atoms with Crippen LogP contribution in [0.4, 0.5) is 0 Å². The molecular weight excluding hydrogens is 478 g/mol. The van der Waals surface area contributed by atoms with Gasteiger partial charge in [-0.1, -0.05) is 24.6 Å². The summed E-state index contributed by atoms with van der Waals surface area (Å²) in [5.74, 6) is 1.17. The van der Waals surface area contributed by atoms with E-state index in [-0.39, 0.29) is 25.5 Å². The highest BCUT2D eigenvalue weighted by Gasteiger charge is 2.50. The number of hydrogen-bond donors (Lipinski definition) is 3. The zero-order valence-electron chi connectivity index (χ0n) is 21.8. The second-order valence-electron chi connectivity index (χ2n) is 9.60. The van der Waals surface area contributed by atoms with Gasteiger partial charge in [-0.3, -0.25) is 19.3 Å². The molecule has 1 aromatic carbocycles. The standard InChI is InChI=1S/C25H39N3O3.2CH2O2/c29-19-18-27-16-6-11-25(24(27)30)12-7-17-28(25)21-22-9-2-3-10-23(22)31-20-8-15-26-13-4-1-5-14-26;2*2-1-3/h2-3,9-10,29H,1,4-8,11-21H2;2*1H,(H,2,3). The van der Waals surface area contributed by atoms with E-state index in [0.717, 1.165) is 70.6 Å². The number of amides is 1. The van der Waals surface area contributed by atoms with Gasteiger partial charge in [-0.2, -0.15) is 0 Å². The first-order valence-corrected chi connectivity index (χ1v) is 13.3. The monoisotopic (exact) mass is 521 g/mol. The first-order valence-electron chi connectivity index (χ1n) is 13.3. The van der Waals surface area contributed by atoms with Crippen molar-refractivity contribution >= 4 is 18.9 Å². The zero-order valence-corrected chi connectivity index (χ0v) is 21.8. The number of ether oxygens (including phenoxy) is 1. The summed E-state index contributed by atoms with van der Waals surface area (Å²) in [7, 11) is 0. The van der Waals surface area contributed by atoms with Crippen LogP contribution in [0.15, 0.2) is 24.3 Å². The average molecular weight is 522 g/mol. The Balaban J connectivity index is 0.000000733. The Morgan fingerprint density at radius 1 is 0.892 bits per heavy atom. The fourth-order valence-corrected chi connectivity index (χ4v) is 5.72. The van der Waals surface area contributed by atoms with Gasteiger partial charge in [0, 0.05) is 31.7 Å². The van der Waals surface area contributed by atoms with Crippen molar-refractivity contribution in [1.29, 1.82) is 0 Å². The Labute approximate surface area is 219 Å². The normalized spacial score (nSPS) is 22.0. The fourth-order valence-electron chi connectivity index (χ4n) is 5.72. The van der Waals surface area contributed by atoms with Crippen molar-refractivity contribution in [2.45, 2.75) is 63.5 Å². The molecule has 4 rings (SSSR count). The number of para-hydroxylation sites is 1. The molecule has 0 saturated carbocycles. The largest absolute Gasteiger partial charge is 0.493 e. The summed E-state index contributed by atoms with van der Waals surface area (Å²) in [4.78, 5) is 36.9. The first kappa shape index (κ1) is 30.5.